The maximum atomic E-state index is 12.4. The first-order chi connectivity index (χ1) is 30.7. The maximum absolute atomic E-state index is 12.4. The standard InChI is InChI=1S/C47H76O19/c1-42(2)16-21-20-8-9-25-44(4)12-11-26(63-41-35(31(55)30(54)34(64-41)38(59)60)65-40-33(57)29(53)28(52)23(17-48)62-40)45(5,19-49)24(44)10-13-47(25,7)46(20,6)15-14-43(21,3)36(58)37(42)66-39-32(56)27(51)22(50)18-61-39/h8,21-37,39-41,48-58H,9-19H2,1-7H3,(H,59,60)/t21-,22+,23+,24+,25+,26-,27-,28-,29-,30-,31-,32+,33+,34-,35+,36+,37-,39-,40-,41+,43+,44-,45+,46+,47+/m0/s1. The van der Waals surface area contributed by atoms with Crippen molar-refractivity contribution in [1.82, 2.24) is 0 Å². The van der Waals surface area contributed by atoms with Crippen LogP contribution in [-0.4, -0.2) is 191 Å². The molecule has 4 saturated carbocycles. The van der Waals surface area contributed by atoms with Gasteiger partial charge in [-0.1, -0.05) is 60.1 Å². The molecule has 3 saturated heterocycles. The molecule has 19 heteroatoms. The fourth-order valence-electron chi connectivity index (χ4n) is 15.0. The summed E-state index contributed by atoms with van der Waals surface area (Å²) < 4.78 is 35.9. The Morgan fingerprint density at radius 1 is 0.697 bits per heavy atom. The first-order valence-electron chi connectivity index (χ1n) is 23.9. The summed E-state index contributed by atoms with van der Waals surface area (Å²) in [7, 11) is 0. The summed E-state index contributed by atoms with van der Waals surface area (Å²) in [6.07, 6.45) is -17.7. The molecule has 7 fully saturated rings. The van der Waals surface area contributed by atoms with Gasteiger partial charge in [-0.3, -0.25) is 0 Å². The molecule has 0 amide bonds. The lowest BCUT2D eigenvalue weighted by Crippen LogP contribution is -2.68. The third-order valence-corrected chi connectivity index (χ3v) is 19.4. The van der Waals surface area contributed by atoms with Crippen LogP contribution in [0.5, 0.6) is 0 Å². The number of carboxylic acids is 1. The van der Waals surface area contributed by atoms with Crippen molar-refractivity contribution in [2.75, 3.05) is 19.8 Å². The van der Waals surface area contributed by atoms with Crippen LogP contribution in [0, 0.1) is 50.2 Å². The van der Waals surface area contributed by atoms with Crippen molar-refractivity contribution in [3.63, 3.8) is 0 Å². The van der Waals surface area contributed by atoms with Crippen LogP contribution in [0.4, 0.5) is 0 Å². The van der Waals surface area contributed by atoms with E-state index in [9.17, 15) is 66.1 Å². The topological polar surface area (TPSA) is 315 Å². The van der Waals surface area contributed by atoms with Gasteiger partial charge in [-0.15, -0.1) is 0 Å². The van der Waals surface area contributed by atoms with Gasteiger partial charge in [0.1, 0.15) is 61.0 Å². The van der Waals surface area contributed by atoms with Crippen LogP contribution in [-0.2, 0) is 33.2 Å². The molecule has 19 nitrogen and oxygen atoms in total. The predicted molar refractivity (Wildman–Crippen MR) is 227 cm³/mol. The summed E-state index contributed by atoms with van der Waals surface area (Å²) >= 11 is 0. The molecule has 0 bridgehead atoms. The lowest BCUT2D eigenvalue weighted by atomic mass is 9.33. The summed E-state index contributed by atoms with van der Waals surface area (Å²) in [6, 6.07) is 0. The SMILES string of the molecule is CC1(C)C[C@H]2C3=CC[C@@H]4[C@@]5(C)CC[C@H](O[C@@H]6O[C@H](C(=O)O)[C@@H](O)[C@H](O)[C@H]6O[C@@H]6O[C@H](CO)[C@H](O)[C@H](O)[C@H]6O)[C@](C)(CO)[C@@H]5CC[C@@]4(C)[C@]3(C)CC[C@@]2(C)[C@H](O)[C@@H]1O[C@@H]1OC[C@@H](O)[C@H](O)[C@H]1O. The minimum atomic E-state index is -2.01. The Bertz CT molecular complexity index is 1820. The highest BCUT2D eigenvalue weighted by Gasteiger charge is 2.71. The molecule has 378 valence electrons. The van der Waals surface area contributed by atoms with Gasteiger partial charge in [0.2, 0.25) is 0 Å². The summed E-state index contributed by atoms with van der Waals surface area (Å²) in [5.74, 6) is -1.51. The van der Waals surface area contributed by atoms with Crippen molar-refractivity contribution >= 4 is 5.97 Å². The number of fused-ring (bicyclic) bond motifs is 7. The molecule has 5 aliphatic carbocycles. The van der Waals surface area contributed by atoms with Gasteiger partial charge in [0.25, 0.3) is 0 Å². The van der Waals surface area contributed by atoms with E-state index >= 15 is 0 Å². The number of aliphatic carboxylic acids is 1. The molecule has 3 aliphatic heterocycles. The number of aliphatic hydroxyl groups excluding tert-OH is 11. The van der Waals surface area contributed by atoms with E-state index < -0.39 is 133 Å². The number of hydrogen-bond acceptors (Lipinski definition) is 18. The number of carboxylic acid groups (broad SMARTS) is 1. The highest BCUT2D eigenvalue weighted by atomic mass is 16.8. The average Bonchev–Trinajstić information content (AvgIpc) is 3.26. The van der Waals surface area contributed by atoms with Crippen molar-refractivity contribution in [3.8, 4) is 0 Å². The number of allylic oxidation sites excluding steroid dienone is 2. The molecule has 0 spiro atoms. The molecule has 0 unspecified atom stereocenters. The van der Waals surface area contributed by atoms with Gasteiger partial charge < -0.3 is 89.7 Å². The van der Waals surface area contributed by atoms with E-state index in [2.05, 4.69) is 47.6 Å². The lowest BCUT2D eigenvalue weighted by Gasteiger charge is -2.72. The van der Waals surface area contributed by atoms with Gasteiger partial charge >= 0.3 is 5.97 Å². The van der Waals surface area contributed by atoms with Crippen molar-refractivity contribution in [3.05, 3.63) is 11.6 Å². The van der Waals surface area contributed by atoms with Gasteiger partial charge in [-0.25, -0.2) is 4.79 Å². The van der Waals surface area contributed by atoms with Crippen LogP contribution in [0.15, 0.2) is 11.6 Å². The molecule has 8 aliphatic rings. The van der Waals surface area contributed by atoms with Gasteiger partial charge in [-0.2, -0.15) is 0 Å². The molecule has 0 aromatic carbocycles. The molecule has 0 radical (unpaired) electrons. The van der Waals surface area contributed by atoms with Gasteiger partial charge in [0.15, 0.2) is 25.0 Å². The van der Waals surface area contributed by atoms with E-state index in [1.807, 2.05) is 6.92 Å². The number of carbonyl (C=O) groups is 1. The van der Waals surface area contributed by atoms with E-state index in [-0.39, 0.29) is 47.2 Å². The van der Waals surface area contributed by atoms with Crippen molar-refractivity contribution in [2.45, 2.75) is 204 Å². The Labute approximate surface area is 385 Å². The molecule has 0 aromatic heterocycles. The number of rotatable bonds is 9. The van der Waals surface area contributed by atoms with Crippen LogP contribution in [0.25, 0.3) is 0 Å². The average molecular weight is 945 g/mol. The normalized spacial score (nSPS) is 55.9. The zero-order chi connectivity index (χ0) is 48.4. The minimum Gasteiger partial charge on any atom is -0.479 e. The Hall–Kier alpha value is -1.47. The molecule has 25 atom stereocenters. The quantitative estimate of drug-likeness (QED) is 0.100. The minimum absolute atomic E-state index is 0.0120. The molecule has 3 heterocycles. The summed E-state index contributed by atoms with van der Waals surface area (Å²) in [4.78, 5) is 12.3. The number of aliphatic hydroxyl groups is 11. The van der Waals surface area contributed by atoms with Crippen molar-refractivity contribution in [2.24, 2.45) is 50.2 Å². The maximum Gasteiger partial charge on any atom is 0.335 e. The third kappa shape index (κ3) is 7.60. The zero-order valence-corrected chi connectivity index (χ0v) is 39.1. The van der Waals surface area contributed by atoms with Gasteiger partial charge in [0.05, 0.1) is 38.1 Å². The van der Waals surface area contributed by atoms with Crippen molar-refractivity contribution < 1.29 is 94.5 Å². The molecular weight excluding hydrogens is 868 g/mol. The summed E-state index contributed by atoms with van der Waals surface area (Å²) in [5.41, 5.74) is -1.51. The van der Waals surface area contributed by atoms with Crippen LogP contribution < -0.4 is 0 Å². The second kappa shape index (κ2) is 17.7. The number of hydrogen-bond donors (Lipinski definition) is 12. The Balaban J connectivity index is 1.04. The number of ether oxygens (including phenoxy) is 6. The van der Waals surface area contributed by atoms with E-state index in [0.717, 1.165) is 25.7 Å². The third-order valence-electron chi connectivity index (χ3n) is 19.4. The first kappa shape index (κ1) is 50.9. The van der Waals surface area contributed by atoms with E-state index in [0.29, 0.717) is 25.7 Å². The second-order valence-corrected chi connectivity index (χ2v) is 23.2. The molecular formula is C47H76O19. The summed E-state index contributed by atoms with van der Waals surface area (Å²) in [5, 5.41) is 129. The predicted octanol–water partition coefficient (Wildman–Crippen LogP) is -0.713. The van der Waals surface area contributed by atoms with E-state index in [1.54, 1.807) is 0 Å². The van der Waals surface area contributed by atoms with Crippen LogP contribution in [0.2, 0.25) is 0 Å². The van der Waals surface area contributed by atoms with Crippen LogP contribution >= 0.6 is 0 Å². The smallest absolute Gasteiger partial charge is 0.335 e. The first-order valence-corrected chi connectivity index (χ1v) is 23.9. The van der Waals surface area contributed by atoms with Gasteiger partial charge in [0, 0.05) is 10.8 Å². The fourth-order valence-corrected chi connectivity index (χ4v) is 15.0. The molecule has 66 heavy (non-hydrogen) atoms. The van der Waals surface area contributed by atoms with E-state index in [1.165, 1.54) is 5.57 Å². The second-order valence-electron chi connectivity index (χ2n) is 23.2. The fraction of sp³-hybridized carbons (Fsp3) is 0.936. The highest BCUT2D eigenvalue weighted by Crippen LogP contribution is 2.76. The van der Waals surface area contributed by atoms with Gasteiger partial charge in [-0.05, 0) is 90.8 Å². The Kier molecular flexibility index (Phi) is 13.6. The van der Waals surface area contributed by atoms with Crippen molar-refractivity contribution in [1.29, 1.82) is 0 Å². The lowest BCUT2D eigenvalue weighted by molar-refractivity contribution is -0.375. The molecule has 8 rings (SSSR count). The largest absolute Gasteiger partial charge is 0.479 e. The highest BCUT2D eigenvalue weighted by molar-refractivity contribution is 5.73. The zero-order valence-electron chi connectivity index (χ0n) is 39.1. The van der Waals surface area contributed by atoms with Crippen LogP contribution in [0.3, 0.4) is 0 Å². The molecule has 0 aromatic rings. The Morgan fingerprint density at radius 2 is 1.38 bits per heavy atom. The molecule has 12 N–H and O–H groups in total. The van der Waals surface area contributed by atoms with Crippen LogP contribution in [0.1, 0.15) is 99.8 Å². The Morgan fingerprint density at radius 3 is 2.03 bits per heavy atom. The monoisotopic (exact) mass is 944 g/mol. The van der Waals surface area contributed by atoms with E-state index in [4.69, 9.17) is 28.4 Å². The summed E-state index contributed by atoms with van der Waals surface area (Å²) in [6.45, 7) is 14.0.